The average Bonchev–Trinajstić information content (AvgIpc) is 3.13. The third-order valence-corrected chi connectivity index (χ3v) is 5.16. The number of aromatic nitrogens is 1. The van der Waals surface area contributed by atoms with Crippen LogP contribution in [-0.4, -0.2) is 31.2 Å². The number of aryl methyl sites for hydroxylation is 2. The maximum atomic E-state index is 9.44. The molecule has 4 heteroatoms. The van der Waals surface area contributed by atoms with E-state index in [0.29, 0.717) is 0 Å². The zero-order valence-electron chi connectivity index (χ0n) is 11.7. The SMILES string of the molecule is N#Cc1cc2c(nc1N1CCC3CNCC3C1)CCC2. The van der Waals surface area contributed by atoms with Gasteiger partial charge >= 0.3 is 0 Å². The summed E-state index contributed by atoms with van der Waals surface area (Å²) in [6.45, 7) is 4.39. The molecular weight excluding hydrogens is 248 g/mol. The second-order valence-corrected chi connectivity index (χ2v) is 6.34. The van der Waals surface area contributed by atoms with Crippen LogP contribution in [0.15, 0.2) is 6.07 Å². The Balaban J connectivity index is 1.66. The number of pyridine rings is 1. The highest BCUT2D eigenvalue weighted by Crippen LogP contribution is 2.32. The number of nitrogens with zero attached hydrogens (tertiary/aromatic N) is 3. The number of hydrogen-bond acceptors (Lipinski definition) is 4. The van der Waals surface area contributed by atoms with E-state index in [1.165, 1.54) is 30.6 Å². The molecule has 1 aliphatic carbocycles. The molecule has 2 saturated heterocycles. The van der Waals surface area contributed by atoms with Crippen molar-refractivity contribution in [2.24, 2.45) is 11.8 Å². The van der Waals surface area contributed by atoms with Gasteiger partial charge in [0.05, 0.1) is 5.56 Å². The largest absolute Gasteiger partial charge is 0.355 e. The summed E-state index contributed by atoms with van der Waals surface area (Å²) in [5, 5.41) is 12.9. The summed E-state index contributed by atoms with van der Waals surface area (Å²) in [6.07, 6.45) is 4.58. The number of nitriles is 1. The number of fused-ring (bicyclic) bond motifs is 2. The first kappa shape index (κ1) is 12.2. The van der Waals surface area contributed by atoms with Gasteiger partial charge in [-0.05, 0) is 62.2 Å². The van der Waals surface area contributed by atoms with Gasteiger partial charge in [-0.15, -0.1) is 0 Å². The monoisotopic (exact) mass is 268 g/mol. The summed E-state index contributed by atoms with van der Waals surface area (Å²) >= 11 is 0. The molecule has 0 saturated carbocycles. The van der Waals surface area contributed by atoms with Crippen molar-refractivity contribution in [3.63, 3.8) is 0 Å². The van der Waals surface area contributed by atoms with E-state index in [1.54, 1.807) is 0 Å². The molecule has 0 spiro atoms. The van der Waals surface area contributed by atoms with E-state index in [1.807, 2.05) is 0 Å². The van der Waals surface area contributed by atoms with Crippen LogP contribution in [0, 0.1) is 23.2 Å². The number of hydrogen-bond donors (Lipinski definition) is 1. The minimum atomic E-state index is 0.727. The standard InChI is InChI=1S/C16H20N4/c17-7-13-6-11-2-1-3-15(11)19-16(13)20-5-4-12-8-18-9-14(12)10-20/h6,12,14,18H,1-5,8-10H2. The first-order valence-electron chi connectivity index (χ1n) is 7.73. The predicted molar refractivity (Wildman–Crippen MR) is 77.7 cm³/mol. The molecule has 104 valence electrons. The van der Waals surface area contributed by atoms with Crippen LogP contribution in [0.5, 0.6) is 0 Å². The van der Waals surface area contributed by atoms with Crippen LogP contribution in [0.1, 0.15) is 29.7 Å². The summed E-state index contributed by atoms with van der Waals surface area (Å²) in [4.78, 5) is 7.20. The Labute approximate surface area is 119 Å². The molecule has 2 atom stereocenters. The summed E-state index contributed by atoms with van der Waals surface area (Å²) in [6, 6.07) is 4.45. The fraction of sp³-hybridized carbons (Fsp3) is 0.625. The lowest BCUT2D eigenvalue weighted by Gasteiger charge is -2.35. The van der Waals surface area contributed by atoms with Gasteiger partial charge in [-0.3, -0.25) is 0 Å². The minimum Gasteiger partial charge on any atom is -0.355 e. The molecule has 1 N–H and O–H groups in total. The molecule has 2 aliphatic heterocycles. The van der Waals surface area contributed by atoms with Crippen LogP contribution in [0.3, 0.4) is 0 Å². The van der Waals surface area contributed by atoms with E-state index in [-0.39, 0.29) is 0 Å². The van der Waals surface area contributed by atoms with Crippen LogP contribution in [0.25, 0.3) is 0 Å². The van der Waals surface area contributed by atoms with Gasteiger partial charge in [0.15, 0.2) is 0 Å². The van der Waals surface area contributed by atoms with E-state index >= 15 is 0 Å². The van der Waals surface area contributed by atoms with E-state index in [4.69, 9.17) is 4.98 Å². The third kappa shape index (κ3) is 1.89. The third-order valence-electron chi connectivity index (χ3n) is 5.16. The number of anilines is 1. The Bertz CT molecular complexity index is 575. The van der Waals surface area contributed by atoms with Gasteiger partial charge in [0, 0.05) is 18.8 Å². The van der Waals surface area contributed by atoms with Crippen molar-refractivity contribution in [2.75, 3.05) is 31.1 Å². The Morgan fingerprint density at radius 2 is 2.20 bits per heavy atom. The summed E-state index contributed by atoms with van der Waals surface area (Å²) in [5.74, 6) is 2.50. The van der Waals surface area contributed by atoms with Gasteiger partial charge in [0.25, 0.3) is 0 Å². The number of nitrogens with one attached hydrogen (secondary N) is 1. The normalized spacial score (nSPS) is 28.1. The number of rotatable bonds is 1. The van der Waals surface area contributed by atoms with Gasteiger partial charge in [-0.2, -0.15) is 5.26 Å². The van der Waals surface area contributed by atoms with Gasteiger partial charge < -0.3 is 10.2 Å². The highest BCUT2D eigenvalue weighted by atomic mass is 15.2. The topological polar surface area (TPSA) is 52.0 Å². The molecule has 4 nitrogen and oxygen atoms in total. The Kier molecular flexibility index (Phi) is 2.89. The predicted octanol–water partition coefficient (Wildman–Crippen LogP) is 1.49. The van der Waals surface area contributed by atoms with Crippen molar-refractivity contribution in [1.29, 1.82) is 5.26 Å². The number of piperidine rings is 1. The van der Waals surface area contributed by atoms with Crippen LogP contribution in [0.4, 0.5) is 5.82 Å². The molecular formula is C16H20N4. The molecule has 2 fully saturated rings. The Hall–Kier alpha value is -1.60. The molecule has 3 heterocycles. The summed E-state index contributed by atoms with van der Waals surface area (Å²) in [7, 11) is 0. The van der Waals surface area contributed by atoms with E-state index < -0.39 is 0 Å². The lowest BCUT2D eigenvalue weighted by Crippen LogP contribution is -2.41. The van der Waals surface area contributed by atoms with Crippen LogP contribution in [-0.2, 0) is 12.8 Å². The van der Waals surface area contributed by atoms with Crippen molar-refractivity contribution in [3.05, 3.63) is 22.9 Å². The molecule has 0 amide bonds. The van der Waals surface area contributed by atoms with Crippen molar-refractivity contribution in [2.45, 2.75) is 25.7 Å². The fourth-order valence-electron chi connectivity index (χ4n) is 4.01. The molecule has 20 heavy (non-hydrogen) atoms. The second-order valence-electron chi connectivity index (χ2n) is 6.34. The molecule has 4 rings (SSSR count). The molecule has 1 aromatic rings. The van der Waals surface area contributed by atoms with Crippen molar-refractivity contribution >= 4 is 5.82 Å². The molecule has 0 radical (unpaired) electrons. The Morgan fingerprint density at radius 3 is 3.10 bits per heavy atom. The highest BCUT2D eigenvalue weighted by molar-refractivity contribution is 5.57. The summed E-state index contributed by atoms with van der Waals surface area (Å²) in [5.41, 5.74) is 3.29. The minimum absolute atomic E-state index is 0.727. The van der Waals surface area contributed by atoms with E-state index in [2.05, 4.69) is 22.4 Å². The maximum absolute atomic E-state index is 9.44. The van der Waals surface area contributed by atoms with Crippen LogP contribution >= 0.6 is 0 Å². The maximum Gasteiger partial charge on any atom is 0.146 e. The zero-order chi connectivity index (χ0) is 13.5. The van der Waals surface area contributed by atoms with Gasteiger partial charge in [0.1, 0.15) is 11.9 Å². The molecule has 3 aliphatic rings. The van der Waals surface area contributed by atoms with Crippen molar-refractivity contribution in [3.8, 4) is 6.07 Å². The lowest BCUT2D eigenvalue weighted by molar-refractivity contribution is 0.347. The van der Waals surface area contributed by atoms with Gasteiger partial charge in [-0.25, -0.2) is 4.98 Å². The van der Waals surface area contributed by atoms with E-state index in [0.717, 1.165) is 55.7 Å². The van der Waals surface area contributed by atoms with Crippen molar-refractivity contribution < 1.29 is 0 Å². The van der Waals surface area contributed by atoms with Gasteiger partial charge in [-0.1, -0.05) is 0 Å². The van der Waals surface area contributed by atoms with E-state index in [9.17, 15) is 5.26 Å². The van der Waals surface area contributed by atoms with Crippen LogP contribution in [0.2, 0.25) is 0 Å². The van der Waals surface area contributed by atoms with Gasteiger partial charge in [0.2, 0.25) is 0 Å². The molecule has 2 unspecified atom stereocenters. The first-order chi connectivity index (χ1) is 9.85. The average molecular weight is 268 g/mol. The summed E-state index contributed by atoms with van der Waals surface area (Å²) < 4.78 is 0. The second kappa shape index (κ2) is 4.75. The Morgan fingerprint density at radius 1 is 1.30 bits per heavy atom. The quantitative estimate of drug-likeness (QED) is 0.838. The smallest absolute Gasteiger partial charge is 0.146 e. The lowest BCUT2D eigenvalue weighted by atomic mass is 9.88. The first-order valence-corrected chi connectivity index (χ1v) is 7.73. The fourth-order valence-corrected chi connectivity index (χ4v) is 4.01. The molecule has 0 bridgehead atoms. The van der Waals surface area contributed by atoms with Crippen molar-refractivity contribution in [1.82, 2.24) is 10.3 Å². The van der Waals surface area contributed by atoms with Crippen LogP contribution < -0.4 is 10.2 Å². The molecule has 1 aromatic heterocycles. The highest BCUT2D eigenvalue weighted by Gasteiger charge is 2.34. The molecule has 0 aromatic carbocycles. The zero-order valence-corrected chi connectivity index (χ0v) is 11.7.